The van der Waals surface area contributed by atoms with Crippen LogP contribution in [-0.4, -0.2) is 57.5 Å². The quantitative estimate of drug-likeness (QED) is 0.492. The van der Waals surface area contributed by atoms with Crippen LogP contribution in [0.3, 0.4) is 0 Å². The lowest BCUT2D eigenvalue weighted by Gasteiger charge is -2.28. The molecule has 0 radical (unpaired) electrons. The van der Waals surface area contributed by atoms with Crippen molar-refractivity contribution in [1.82, 2.24) is 4.98 Å². The van der Waals surface area contributed by atoms with Crippen LogP contribution in [0.5, 0.6) is 0 Å². The molecule has 2 aliphatic rings. The van der Waals surface area contributed by atoms with Gasteiger partial charge in [0.25, 0.3) is 0 Å². The largest absolute Gasteiger partial charge is 0.458 e. The monoisotopic (exact) mass is 479 g/mol. The molecule has 0 aromatic carbocycles. The number of rotatable bonds is 2. The molecular weight excluding hydrogens is 442 g/mol. The lowest BCUT2D eigenvalue weighted by Crippen LogP contribution is -2.39. The summed E-state index contributed by atoms with van der Waals surface area (Å²) in [6, 6.07) is 0. The summed E-state index contributed by atoms with van der Waals surface area (Å²) in [6.07, 6.45) is 2.43. The number of aliphatic hydroxyl groups is 2. The molecule has 2 fully saturated rings. The topological polar surface area (TPSA) is 109 Å². The maximum atomic E-state index is 12.8. The number of ether oxygens (including phenoxy) is 2. The number of ketones is 1. The summed E-state index contributed by atoms with van der Waals surface area (Å²) >= 11 is 1.56. The standard InChI is InChI=1S/C25H37NO6S/c1-13-7-6-8-20-22(31-20)11-21(14(2)9-18-12-33-17(5)26-18)32-23(28)10-19(27)15(3)25(30)16(4)24(13)29/h9,12-13,15-16,19-22,24,27,29H,6-8,10-11H2,1-5H3/b14-9+/t13-,15+,16+,19-,20+,21-,22-,24?/m0/s1. The molecular formula is C25H37NO6S. The number of carbonyl (C=O) groups excluding carboxylic acids is 2. The second-order valence-corrected chi connectivity index (χ2v) is 10.8. The molecule has 3 heterocycles. The Morgan fingerprint density at radius 3 is 2.55 bits per heavy atom. The normalized spacial score (nSPS) is 37.4. The number of hydrogen-bond donors (Lipinski definition) is 2. The van der Waals surface area contributed by atoms with Crippen molar-refractivity contribution in [2.75, 3.05) is 0 Å². The van der Waals surface area contributed by atoms with E-state index in [9.17, 15) is 19.8 Å². The van der Waals surface area contributed by atoms with Crippen molar-refractivity contribution in [3.05, 3.63) is 21.7 Å². The van der Waals surface area contributed by atoms with E-state index in [0.717, 1.165) is 35.5 Å². The van der Waals surface area contributed by atoms with Crippen molar-refractivity contribution in [3.8, 4) is 0 Å². The first kappa shape index (κ1) is 26.0. The highest BCUT2D eigenvalue weighted by Crippen LogP contribution is 2.35. The van der Waals surface area contributed by atoms with Crippen LogP contribution >= 0.6 is 11.3 Å². The van der Waals surface area contributed by atoms with Crippen molar-refractivity contribution in [3.63, 3.8) is 0 Å². The van der Waals surface area contributed by atoms with Crippen molar-refractivity contribution in [1.29, 1.82) is 0 Å². The third-order valence-electron chi connectivity index (χ3n) is 7.02. The van der Waals surface area contributed by atoms with Crippen LogP contribution in [0, 0.1) is 24.7 Å². The molecule has 184 valence electrons. The van der Waals surface area contributed by atoms with Crippen LogP contribution in [0.1, 0.15) is 70.5 Å². The zero-order valence-corrected chi connectivity index (χ0v) is 21.0. The van der Waals surface area contributed by atoms with E-state index in [1.165, 1.54) is 0 Å². The fraction of sp³-hybridized carbons (Fsp3) is 0.720. The van der Waals surface area contributed by atoms with E-state index >= 15 is 0 Å². The molecule has 33 heavy (non-hydrogen) atoms. The highest BCUT2D eigenvalue weighted by atomic mass is 32.1. The van der Waals surface area contributed by atoms with Crippen molar-refractivity contribution in [2.45, 2.75) is 97.2 Å². The van der Waals surface area contributed by atoms with Gasteiger partial charge in [0, 0.05) is 23.6 Å². The van der Waals surface area contributed by atoms with E-state index < -0.39 is 36.1 Å². The molecule has 8 heteroatoms. The van der Waals surface area contributed by atoms with Crippen molar-refractivity contribution in [2.24, 2.45) is 17.8 Å². The average molecular weight is 480 g/mol. The molecule has 1 aromatic heterocycles. The molecule has 0 bridgehead atoms. The fourth-order valence-electron chi connectivity index (χ4n) is 4.58. The number of epoxide rings is 1. The van der Waals surface area contributed by atoms with Crippen molar-refractivity contribution < 1.29 is 29.3 Å². The summed E-state index contributed by atoms with van der Waals surface area (Å²) in [7, 11) is 0. The van der Waals surface area contributed by atoms with Crippen molar-refractivity contribution >= 4 is 29.2 Å². The van der Waals surface area contributed by atoms with E-state index in [2.05, 4.69) is 4.98 Å². The van der Waals surface area contributed by atoms with Crippen LogP contribution < -0.4 is 0 Å². The number of fused-ring (bicyclic) bond motifs is 1. The number of aromatic nitrogens is 1. The number of aliphatic hydroxyl groups excluding tert-OH is 2. The van der Waals surface area contributed by atoms with Crippen LogP contribution in [-0.2, 0) is 19.1 Å². The number of hydrogen-bond acceptors (Lipinski definition) is 8. The molecule has 0 aliphatic carbocycles. The van der Waals surface area contributed by atoms with Gasteiger partial charge in [0.15, 0.2) is 0 Å². The van der Waals surface area contributed by atoms with Crippen LogP contribution in [0.2, 0.25) is 0 Å². The Hall–Kier alpha value is -1.61. The highest BCUT2D eigenvalue weighted by molar-refractivity contribution is 7.09. The maximum absolute atomic E-state index is 12.8. The number of aryl methyl sites for hydroxylation is 1. The molecule has 3 rings (SSSR count). The van der Waals surface area contributed by atoms with Gasteiger partial charge in [-0.1, -0.05) is 27.2 Å². The summed E-state index contributed by atoms with van der Waals surface area (Å²) in [6.45, 7) is 9.10. The van der Waals surface area contributed by atoms with Gasteiger partial charge in [0.1, 0.15) is 11.9 Å². The van der Waals surface area contributed by atoms with E-state index in [4.69, 9.17) is 9.47 Å². The average Bonchev–Trinajstić information content (AvgIpc) is 3.38. The second-order valence-electron chi connectivity index (χ2n) is 9.76. The Kier molecular flexibility index (Phi) is 8.83. The predicted molar refractivity (Wildman–Crippen MR) is 127 cm³/mol. The van der Waals surface area contributed by atoms with Crippen LogP contribution in [0.25, 0.3) is 6.08 Å². The number of esters is 1. The summed E-state index contributed by atoms with van der Waals surface area (Å²) in [5.74, 6) is -2.22. The molecule has 8 atom stereocenters. The zero-order valence-electron chi connectivity index (χ0n) is 20.2. The Morgan fingerprint density at radius 2 is 1.88 bits per heavy atom. The smallest absolute Gasteiger partial charge is 0.309 e. The van der Waals surface area contributed by atoms with E-state index in [-0.39, 0.29) is 30.3 Å². The lowest BCUT2D eigenvalue weighted by atomic mass is 9.81. The van der Waals surface area contributed by atoms with Crippen LogP contribution in [0.15, 0.2) is 11.0 Å². The van der Waals surface area contributed by atoms with Gasteiger partial charge in [-0.05, 0) is 44.3 Å². The molecule has 1 unspecified atom stereocenters. The zero-order chi connectivity index (χ0) is 24.3. The number of Topliss-reactive ketones (excluding diaryl/α,β-unsaturated/α-hetero) is 1. The molecule has 2 saturated heterocycles. The molecule has 0 spiro atoms. The number of thiazole rings is 1. The van der Waals surface area contributed by atoms with E-state index in [1.807, 2.05) is 32.2 Å². The second kappa shape index (κ2) is 11.2. The fourth-order valence-corrected chi connectivity index (χ4v) is 5.15. The highest BCUT2D eigenvalue weighted by Gasteiger charge is 2.42. The van der Waals surface area contributed by atoms with Gasteiger partial charge < -0.3 is 19.7 Å². The van der Waals surface area contributed by atoms with Gasteiger partial charge >= 0.3 is 5.97 Å². The molecule has 2 N–H and O–H groups in total. The number of nitrogens with zero attached hydrogens (tertiary/aromatic N) is 1. The van der Waals surface area contributed by atoms with E-state index in [0.29, 0.717) is 6.42 Å². The van der Waals surface area contributed by atoms with Gasteiger partial charge in [-0.25, -0.2) is 4.98 Å². The summed E-state index contributed by atoms with van der Waals surface area (Å²) in [5.41, 5.74) is 1.69. The third kappa shape index (κ3) is 6.94. The third-order valence-corrected chi connectivity index (χ3v) is 7.81. The molecule has 7 nitrogen and oxygen atoms in total. The minimum absolute atomic E-state index is 0.0146. The Labute approximate surface area is 200 Å². The SMILES string of the molecule is C/C(=C\c1csc(C)n1)[C@@H]1C[C@@H]2O[C@@H]2CCC[C@H](C)C(O)[C@@H](C)C(=O)[C@H](C)[C@@H](O)CC(=O)O1. The molecule has 2 aliphatic heterocycles. The number of carbonyl (C=O) groups is 2. The Balaban J connectivity index is 1.77. The Morgan fingerprint density at radius 1 is 1.15 bits per heavy atom. The first-order valence-electron chi connectivity index (χ1n) is 11.9. The molecule has 1 aromatic rings. The minimum atomic E-state index is -1.17. The van der Waals surface area contributed by atoms with Gasteiger partial charge in [-0.2, -0.15) is 0 Å². The van der Waals surface area contributed by atoms with Crippen LogP contribution in [0.4, 0.5) is 0 Å². The van der Waals surface area contributed by atoms with Gasteiger partial charge in [0.2, 0.25) is 0 Å². The van der Waals surface area contributed by atoms with Gasteiger partial charge in [-0.15, -0.1) is 11.3 Å². The first-order chi connectivity index (χ1) is 15.6. The minimum Gasteiger partial charge on any atom is -0.458 e. The van der Waals surface area contributed by atoms with Gasteiger partial charge in [0.05, 0.1) is 41.5 Å². The number of cyclic esters (lactones) is 1. The summed E-state index contributed by atoms with van der Waals surface area (Å²) in [4.78, 5) is 30.0. The molecule has 0 saturated carbocycles. The van der Waals surface area contributed by atoms with Gasteiger partial charge in [-0.3, -0.25) is 9.59 Å². The summed E-state index contributed by atoms with van der Waals surface area (Å²) < 4.78 is 11.6. The summed E-state index contributed by atoms with van der Waals surface area (Å²) in [5, 5.41) is 24.1. The Bertz CT molecular complexity index is 867. The molecule has 0 amide bonds. The lowest BCUT2D eigenvalue weighted by molar-refractivity contribution is -0.151. The van der Waals surface area contributed by atoms with E-state index in [1.54, 1.807) is 25.2 Å². The first-order valence-corrected chi connectivity index (χ1v) is 12.8. The maximum Gasteiger partial charge on any atom is 0.309 e. The predicted octanol–water partition coefficient (Wildman–Crippen LogP) is 3.70.